The molecule has 19 heavy (non-hydrogen) atoms. The van der Waals surface area contributed by atoms with Crippen LogP contribution in [0.3, 0.4) is 0 Å². The molecule has 3 nitrogen and oxygen atoms in total. The first-order chi connectivity index (χ1) is 9.38. The molecule has 1 aromatic carbocycles. The molecule has 2 rings (SSSR count). The largest absolute Gasteiger partial charge is 0.370 e. The van der Waals surface area contributed by atoms with Gasteiger partial charge in [-0.05, 0) is 12.0 Å². The van der Waals surface area contributed by atoms with Gasteiger partial charge < -0.3 is 15.0 Å². The molecular formula is C16H28N2O+2. The molecule has 0 spiro atoms. The normalized spacial score (nSPS) is 16.7. The van der Waals surface area contributed by atoms with Crippen molar-refractivity contribution in [3.63, 3.8) is 0 Å². The van der Waals surface area contributed by atoms with Crippen LogP contribution in [0.2, 0.25) is 0 Å². The molecule has 3 N–H and O–H groups in total. The van der Waals surface area contributed by atoms with Crippen molar-refractivity contribution in [3.05, 3.63) is 35.4 Å². The predicted octanol–water partition coefficient (Wildman–Crippen LogP) is -0.382. The first kappa shape index (κ1) is 14.5. The van der Waals surface area contributed by atoms with Gasteiger partial charge in [0.25, 0.3) is 0 Å². The van der Waals surface area contributed by atoms with E-state index in [9.17, 15) is 0 Å². The first-order valence-electron chi connectivity index (χ1n) is 7.69. The molecule has 0 aromatic heterocycles. The zero-order valence-electron chi connectivity index (χ0n) is 12.2. The van der Waals surface area contributed by atoms with E-state index in [-0.39, 0.29) is 0 Å². The zero-order valence-corrected chi connectivity index (χ0v) is 12.2. The lowest BCUT2D eigenvalue weighted by Crippen LogP contribution is -3.14. The summed E-state index contributed by atoms with van der Waals surface area (Å²) in [6, 6.07) is 9.03. The number of morpholine rings is 1. The molecular weight excluding hydrogens is 236 g/mol. The van der Waals surface area contributed by atoms with Gasteiger partial charge in [0.1, 0.15) is 19.6 Å². The Bertz CT molecular complexity index is 344. The predicted molar refractivity (Wildman–Crippen MR) is 77.3 cm³/mol. The fraction of sp³-hybridized carbons (Fsp3) is 0.625. The van der Waals surface area contributed by atoms with Gasteiger partial charge in [-0.1, -0.05) is 31.2 Å². The van der Waals surface area contributed by atoms with Crippen molar-refractivity contribution in [2.45, 2.75) is 26.3 Å². The second kappa shape index (κ2) is 8.31. The van der Waals surface area contributed by atoms with E-state index in [0.29, 0.717) is 0 Å². The maximum absolute atomic E-state index is 5.38. The highest BCUT2D eigenvalue weighted by molar-refractivity contribution is 5.21. The number of rotatable bonds is 7. The highest BCUT2D eigenvalue weighted by Crippen LogP contribution is 2.03. The van der Waals surface area contributed by atoms with Gasteiger partial charge in [0, 0.05) is 12.0 Å². The molecule has 1 fully saturated rings. The molecule has 1 heterocycles. The summed E-state index contributed by atoms with van der Waals surface area (Å²) in [7, 11) is 0. The summed E-state index contributed by atoms with van der Waals surface area (Å²) in [5, 5.41) is 2.43. The molecule has 0 unspecified atom stereocenters. The maximum Gasteiger partial charge on any atom is 0.101 e. The van der Waals surface area contributed by atoms with Crippen molar-refractivity contribution in [1.82, 2.24) is 0 Å². The third-order valence-corrected chi connectivity index (χ3v) is 3.95. The second-order valence-electron chi connectivity index (χ2n) is 5.42. The van der Waals surface area contributed by atoms with Gasteiger partial charge >= 0.3 is 0 Å². The quantitative estimate of drug-likeness (QED) is 0.646. The Hall–Kier alpha value is -0.900. The first-order valence-corrected chi connectivity index (χ1v) is 7.69. The summed E-state index contributed by atoms with van der Waals surface area (Å²) in [5.41, 5.74) is 2.87. The maximum atomic E-state index is 5.38. The Kier molecular flexibility index (Phi) is 6.34. The molecule has 1 aliphatic rings. The van der Waals surface area contributed by atoms with Crippen molar-refractivity contribution in [3.8, 4) is 0 Å². The Balaban J connectivity index is 1.55. The molecule has 3 heteroatoms. The molecule has 0 saturated carbocycles. The van der Waals surface area contributed by atoms with Gasteiger partial charge in [-0.2, -0.15) is 0 Å². The monoisotopic (exact) mass is 264 g/mol. The minimum absolute atomic E-state index is 0.947. The number of nitrogens with one attached hydrogen (secondary N) is 1. The van der Waals surface area contributed by atoms with E-state index in [4.69, 9.17) is 4.74 Å². The average molecular weight is 264 g/mol. The second-order valence-corrected chi connectivity index (χ2v) is 5.42. The lowest BCUT2D eigenvalue weighted by molar-refractivity contribution is -0.909. The van der Waals surface area contributed by atoms with E-state index in [1.807, 2.05) is 0 Å². The molecule has 1 aromatic rings. The Morgan fingerprint density at radius 3 is 2.47 bits per heavy atom. The molecule has 0 bridgehead atoms. The minimum Gasteiger partial charge on any atom is -0.370 e. The van der Waals surface area contributed by atoms with Gasteiger partial charge in [0.15, 0.2) is 0 Å². The van der Waals surface area contributed by atoms with Crippen LogP contribution in [0.1, 0.15) is 24.5 Å². The summed E-state index contributed by atoms with van der Waals surface area (Å²) < 4.78 is 5.38. The number of hydrogen-bond acceptors (Lipinski definition) is 1. The van der Waals surface area contributed by atoms with E-state index in [2.05, 4.69) is 36.5 Å². The van der Waals surface area contributed by atoms with Crippen LogP contribution in [0, 0.1) is 0 Å². The van der Waals surface area contributed by atoms with E-state index in [1.54, 1.807) is 4.90 Å². The molecule has 0 atom stereocenters. The summed E-state index contributed by atoms with van der Waals surface area (Å²) in [6.45, 7) is 10.1. The SMILES string of the molecule is CCc1ccc(C[NH2+]CCC[NH+]2CCOCC2)cc1. The number of benzene rings is 1. The summed E-state index contributed by atoms with van der Waals surface area (Å²) in [6.07, 6.45) is 2.44. The van der Waals surface area contributed by atoms with Crippen molar-refractivity contribution in [1.29, 1.82) is 0 Å². The van der Waals surface area contributed by atoms with Crippen molar-refractivity contribution >= 4 is 0 Å². The van der Waals surface area contributed by atoms with Crippen LogP contribution in [0.4, 0.5) is 0 Å². The minimum atomic E-state index is 0.947. The van der Waals surface area contributed by atoms with E-state index >= 15 is 0 Å². The molecule has 0 amide bonds. The van der Waals surface area contributed by atoms with Crippen molar-refractivity contribution < 1.29 is 15.0 Å². The average Bonchev–Trinajstić information content (AvgIpc) is 2.49. The third-order valence-electron chi connectivity index (χ3n) is 3.95. The topological polar surface area (TPSA) is 30.3 Å². The fourth-order valence-corrected chi connectivity index (χ4v) is 2.59. The number of nitrogens with two attached hydrogens (primary N) is 1. The highest BCUT2D eigenvalue weighted by Gasteiger charge is 2.12. The van der Waals surface area contributed by atoms with Gasteiger partial charge in [-0.25, -0.2) is 0 Å². The third kappa shape index (κ3) is 5.31. The number of ether oxygens (including phenoxy) is 1. The summed E-state index contributed by atoms with van der Waals surface area (Å²) in [5.74, 6) is 0. The summed E-state index contributed by atoms with van der Waals surface area (Å²) >= 11 is 0. The molecule has 1 saturated heterocycles. The number of quaternary nitrogens is 2. The number of aryl methyl sites for hydroxylation is 1. The zero-order chi connectivity index (χ0) is 13.3. The molecule has 1 aliphatic heterocycles. The van der Waals surface area contributed by atoms with Crippen LogP contribution in [0.5, 0.6) is 0 Å². The lowest BCUT2D eigenvalue weighted by atomic mass is 10.1. The van der Waals surface area contributed by atoms with Gasteiger partial charge in [0.05, 0.1) is 26.3 Å². The standard InChI is InChI=1S/C16H26N2O/c1-2-15-4-6-16(7-5-15)14-17-8-3-9-18-10-12-19-13-11-18/h4-7,17H,2-3,8-14H2,1H3/p+2. The van der Waals surface area contributed by atoms with Gasteiger partial charge in [0.2, 0.25) is 0 Å². The highest BCUT2D eigenvalue weighted by atomic mass is 16.5. The lowest BCUT2D eigenvalue weighted by Gasteiger charge is -2.23. The Morgan fingerprint density at radius 2 is 1.79 bits per heavy atom. The van der Waals surface area contributed by atoms with E-state index in [1.165, 1.54) is 43.7 Å². The Morgan fingerprint density at radius 1 is 1.11 bits per heavy atom. The van der Waals surface area contributed by atoms with Gasteiger partial charge in [-0.15, -0.1) is 0 Å². The van der Waals surface area contributed by atoms with E-state index < -0.39 is 0 Å². The number of hydrogen-bond donors (Lipinski definition) is 2. The van der Waals surface area contributed by atoms with Crippen LogP contribution in [-0.2, 0) is 17.7 Å². The molecule has 106 valence electrons. The summed E-state index contributed by atoms with van der Waals surface area (Å²) in [4.78, 5) is 1.71. The van der Waals surface area contributed by atoms with Crippen molar-refractivity contribution in [2.75, 3.05) is 39.4 Å². The van der Waals surface area contributed by atoms with E-state index in [0.717, 1.165) is 26.2 Å². The van der Waals surface area contributed by atoms with Crippen molar-refractivity contribution in [2.24, 2.45) is 0 Å². The van der Waals surface area contributed by atoms with Crippen LogP contribution >= 0.6 is 0 Å². The van der Waals surface area contributed by atoms with Crippen LogP contribution in [-0.4, -0.2) is 39.4 Å². The van der Waals surface area contributed by atoms with Crippen LogP contribution in [0.15, 0.2) is 24.3 Å². The van der Waals surface area contributed by atoms with Gasteiger partial charge in [-0.3, -0.25) is 0 Å². The van der Waals surface area contributed by atoms with Crippen LogP contribution < -0.4 is 10.2 Å². The fourth-order valence-electron chi connectivity index (χ4n) is 2.59. The van der Waals surface area contributed by atoms with Crippen LogP contribution in [0.25, 0.3) is 0 Å². The smallest absolute Gasteiger partial charge is 0.101 e. The molecule has 0 radical (unpaired) electrons. The molecule has 0 aliphatic carbocycles. The Labute approximate surface area is 116 Å².